The van der Waals surface area contributed by atoms with Gasteiger partial charge in [-0.2, -0.15) is 5.10 Å². The maximum Gasteiger partial charge on any atom is 0.259 e. The molecule has 0 fully saturated rings. The molecule has 106 valence electrons. The number of carbonyl (C=O) groups excluding carboxylic acids is 1. The second kappa shape index (κ2) is 5.24. The van der Waals surface area contributed by atoms with E-state index in [1.54, 1.807) is 16.8 Å². The molecule has 2 aromatic heterocycles. The summed E-state index contributed by atoms with van der Waals surface area (Å²) in [5.41, 5.74) is 1.35. The number of nitrogens with one attached hydrogen (secondary N) is 1. The number of amides is 1. The zero-order valence-corrected chi connectivity index (χ0v) is 11.2. The number of fused-ring (bicyclic) bond motifs is 1. The highest BCUT2D eigenvalue weighted by molar-refractivity contribution is 6.09. The molecule has 0 atom stereocenters. The fraction of sp³-hybridized carbons (Fsp3) is 0.0667. The molecule has 1 N–H and O–H groups in total. The molecule has 0 spiro atoms. The minimum atomic E-state index is -0.453. The van der Waals surface area contributed by atoms with Crippen LogP contribution < -0.4 is 10.1 Å². The smallest absolute Gasteiger partial charge is 0.259 e. The Kier molecular flexibility index (Phi) is 3.27. The highest BCUT2D eigenvalue weighted by atomic mass is 19.1. The zero-order valence-electron chi connectivity index (χ0n) is 11.2. The van der Waals surface area contributed by atoms with Crippen LogP contribution in [-0.2, 0) is 0 Å². The number of aromatic nitrogens is 2. The van der Waals surface area contributed by atoms with Crippen LogP contribution in [0, 0.1) is 5.82 Å². The summed E-state index contributed by atoms with van der Waals surface area (Å²) in [6.07, 6.45) is 3.21. The van der Waals surface area contributed by atoms with Gasteiger partial charge in [-0.3, -0.25) is 4.79 Å². The standard InChI is InChI=1S/C15H12FN3O2/c1-21-14-6-5-10(16)8-12(14)18-15(20)11-9-17-19-7-3-2-4-13(11)19/h2-9H,1H3,(H,18,20). The second-order valence-corrected chi connectivity index (χ2v) is 4.39. The minimum absolute atomic E-state index is 0.276. The van der Waals surface area contributed by atoms with Crippen molar-refractivity contribution in [1.82, 2.24) is 9.61 Å². The van der Waals surface area contributed by atoms with Crippen LogP contribution in [0.2, 0.25) is 0 Å². The molecule has 0 unspecified atom stereocenters. The van der Waals surface area contributed by atoms with Crippen LogP contribution in [0.15, 0.2) is 48.8 Å². The number of ether oxygens (including phenoxy) is 1. The topological polar surface area (TPSA) is 55.6 Å². The summed E-state index contributed by atoms with van der Waals surface area (Å²) >= 11 is 0. The van der Waals surface area contributed by atoms with E-state index in [0.717, 1.165) is 0 Å². The van der Waals surface area contributed by atoms with Crippen molar-refractivity contribution in [3.8, 4) is 5.75 Å². The van der Waals surface area contributed by atoms with Gasteiger partial charge in [-0.05, 0) is 24.3 Å². The number of nitrogens with zero attached hydrogens (tertiary/aromatic N) is 2. The lowest BCUT2D eigenvalue weighted by Gasteiger charge is -2.09. The number of pyridine rings is 1. The third kappa shape index (κ3) is 2.43. The monoisotopic (exact) mass is 285 g/mol. The van der Waals surface area contributed by atoms with Gasteiger partial charge in [0.05, 0.1) is 30.1 Å². The molecule has 0 aliphatic heterocycles. The van der Waals surface area contributed by atoms with E-state index in [1.165, 1.54) is 31.5 Å². The van der Waals surface area contributed by atoms with Crippen molar-refractivity contribution >= 4 is 17.1 Å². The van der Waals surface area contributed by atoms with Crippen LogP contribution in [0.4, 0.5) is 10.1 Å². The zero-order chi connectivity index (χ0) is 14.8. The number of hydrogen-bond acceptors (Lipinski definition) is 3. The molecule has 6 heteroatoms. The van der Waals surface area contributed by atoms with Gasteiger partial charge in [-0.25, -0.2) is 8.91 Å². The van der Waals surface area contributed by atoms with Crippen LogP contribution >= 0.6 is 0 Å². The SMILES string of the molecule is COc1ccc(F)cc1NC(=O)c1cnn2ccccc12. The van der Waals surface area contributed by atoms with E-state index < -0.39 is 5.82 Å². The van der Waals surface area contributed by atoms with Crippen molar-refractivity contribution in [2.45, 2.75) is 0 Å². The van der Waals surface area contributed by atoms with Crippen LogP contribution in [-0.4, -0.2) is 22.6 Å². The molecule has 2 heterocycles. The Labute approximate surface area is 120 Å². The Morgan fingerprint density at radius 3 is 3.00 bits per heavy atom. The van der Waals surface area contributed by atoms with E-state index in [-0.39, 0.29) is 11.6 Å². The van der Waals surface area contributed by atoms with Gasteiger partial charge < -0.3 is 10.1 Å². The van der Waals surface area contributed by atoms with E-state index in [0.29, 0.717) is 16.8 Å². The Morgan fingerprint density at radius 2 is 2.19 bits per heavy atom. The molecule has 0 saturated carbocycles. The normalized spacial score (nSPS) is 10.6. The number of anilines is 1. The third-order valence-electron chi connectivity index (χ3n) is 3.08. The summed E-state index contributed by atoms with van der Waals surface area (Å²) in [5.74, 6) is -0.438. The first-order chi connectivity index (χ1) is 10.2. The first kappa shape index (κ1) is 13.1. The minimum Gasteiger partial charge on any atom is -0.495 e. The Hall–Kier alpha value is -2.89. The lowest BCUT2D eigenvalue weighted by Crippen LogP contribution is -2.12. The van der Waals surface area contributed by atoms with E-state index >= 15 is 0 Å². The summed E-state index contributed by atoms with van der Waals surface area (Å²) in [6.45, 7) is 0. The van der Waals surface area contributed by atoms with Gasteiger partial charge in [0.25, 0.3) is 5.91 Å². The molecule has 0 aliphatic rings. The Balaban J connectivity index is 1.95. The van der Waals surface area contributed by atoms with Gasteiger partial charge in [0.15, 0.2) is 0 Å². The molecule has 1 aromatic carbocycles. The van der Waals surface area contributed by atoms with Crippen LogP contribution in [0.5, 0.6) is 5.75 Å². The molecule has 1 amide bonds. The van der Waals surface area contributed by atoms with Crippen molar-refractivity contribution in [1.29, 1.82) is 0 Å². The molecule has 0 bridgehead atoms. The number of carbonyl (C=O) groups is 1. The molecule has 21 heavy (non-hydrogen) atoms. The van der Waals surface area contributed by atoms with Crippen molar-refractivity contribution < 1.29 is 13.9 Å². The maximum absolute atomic E-state index is 13.3. The fourth-order valence-corrected chi connectivity index (χ4v) is 2.08. The van der Waals surface area contributed by atoms with E-state index in [4.69, 9.17) is 4.74 Å². The molecule has 3 rings (SSSR count). The summed E-state index contributed by atoms with van der Waals surface area (Å²) in [5, 5.41) is 6.73. The molecule has 0 saturated heterocycles. The van der Waals surface area contributed by atoms with Crippen LogP contribution in [0.3, 0.4) is 0 Å². The molecule has 0 radical (unpaired) electrons. The first-order valence-corrected chi connectivity index (χ1v) is 6.26. The number of rotatable bonds is 3. The lowest BCUT2D eigenvalue weighted by molar-refractivity contribution is 0.102. The highest BCUT2D eigenvalue weighted by Crippen LogP contribution is 2.25. The Bertz CT molecular complexity index is 814. The predicted molar refractivity (Wildman–Crippen MR) is 76.1 cm³/mol. The molecule has 0 aliphatic carbocycles. The van der Waals surface area contributed by atoms with Crippen LogP contribution in [0.25, 0.3) is 5.52 Å². The molecule has 3 aromatic rings. The largest absolute Gasteiger partial charge is 0.495 e. The van der Waals surface area contributed by atoms with Gasteiger partial charge >= 0.3 is 0 Å². The van der Waals surface area contributed by atoms with Crippen molar-refractivity contribution in [3.05, 3.63) is 60.2 Å². The van der Waals surface area contributed by atoms with Gasteiger partial charge in [-0.15, -0.1) is 0 Å². The van der Waals surface area contributed by atoms with Gasteiger partial charge in [-0.1, -0.05) is 6.07 Å². The van der Waals surface area contributed by atoms with E-state index in [9.17, 15) is 9.18 Å². The van der Waals surface area contributed by atoms with Crippen LogP contribution in [0.1, 0.15) is 10.4 Å². The third-order valence-corrected chi connectivity index (χ3v) is 3.08. The maximum atomic E-state index is 13.3. The summed E-state index contributed by atoms with van der Waals surface area (Å²) in [6, 6.07) is 9.35. The van der Waals surface area contributed by atoms with Crippen molar-refractivity contribution in [3.63, 3.8) is 0 Å². The highest BCUT2D eigenvalue weighted by Gasteiger charge is 2.15. The molecular formula is C15H12FN3O2. The number of hydrogen-bond donors (Lipinski definition) is 1. The average Bonchev–Trinajstić information content (AvgIpc) is 2.91. The number of halogens is 1. The van der Waals surface area contributed by atoms with Gasteiger partial charge in [0, 0.05) is 12.3 Å². The average molecular weight is 285 g/mol. The summed E-state index contributed by atoms with van der Waals surface area (Å²) < 4.78 is 20.0. The lowest BCUT2D eigenvalue weighted by atomic mass is 10.2. The fourth-order valence-electron chi connectivity index (χ4n) is 2.08. The Morgan fingerprint density at radius 1 is 1.33 bits per heavy atom. The summed E-state index contributed by atoms with van der Waals surface area (Å²) in [7, 11) is 1.46. The number of methoxy groups -OCH3 is 1. The van der Waals surface area contributed by atoms with E-state index in [1.807, 2.05) is 12.1 Å². The molecular weight excluding hydrogens is 273 g/mol. The first-order valence-electron chi connectivity index (χ1n) is 6.26. The molecule has 5 nitrogen and oxygen atoms in total. The quantitative estimate of drug-likeness (QED) is 0.805. The predicted octanol–water partition coefficient (Wildman–Crippen LogP) is 2.73. The van der Waals surface area contributed by atoms with Gasteiger partial charge in [0.2, 0.25) is 0 Å². The second-order valence-electron chi connectivity index (χ2n) is 4.39. The number of benzene rings is 1. The summed E-state index contributed by atoms with van der Waals surface area (Å²) in [4.78, 5) is 12.3. The van der Waals surface area contributed by atoms with Crippen molar-refractivity contribution in [2.75, 3.05) is 12.4 Å². The van der Waals surface area contributed by atoms with Crippen molar-refractivity contribution in [2.24, 2.45) is 0 Å². The van der Waals surface area contributed by atoms with Gasteiger partial charge in [0.1, 0.15) is 11.6 Å². The van der Waals surface area contributed by atoms with E-state index in [2.05, 4.69) is 10.4 Å².